The molecular weight excluding hydrogens is 464 g/mol. The maximum absolute atomic E-state index is 13.3. The van der Waals surface area contributed by atoms with Crippen molar-refractivity contribution in [3.05, 3.63) is 106 Å². The Kier molecular flexibility index (Phi) is 6.53. The van der Waals surface area contributed by atoms with Gasteiger partial charge in [0.05, 0.1) is 29.2 Å². The molecule has 3 aromatic carbocycles. The van der Waals surface area contributed by atoms with Gasteiger partial charge in [-0.1, -0.05) is 59.8 Å². The first-order chi connectivity index (χ1) is 17.8. The fourth-order valence-corrected chi connectivity index (χ4v) is 4.55. The molecule has 5 rings (SSSR count). The lowest BCUT2D eigenvalue weighted by molar-refractivity contribution is 0.101. The molecule has 2 aromatic heterocycles. The lowest BCUT2D eigenvalue weighted by Crippen LogP contribution is -2.16. The molecule has 5 aromatic rings. The van der Waals surface area contributed by atoms with E-state index in [-0.39, 0.29) is 18.2 Å². The second-order valence-corrected chi connectivity index (χ2v) is 9.42. The van der Waals surface area contributed by atoms with Crippen LogP contribution in [-0.2, 0) is 13.2 Å². The normalized spacial score (nSPS) is 11.2. The number of aryl methyl sites for hydroxylation is 4. The third-order valence-corrected chi connectivity index (χ3v) is 6.74. The third-order valence-electron chi connectivity index (χ3n) is 6.74. The summed E-state index contributed by atoms with van der Waals surface area (Å²) in [6.07, 6.45) is 0. The van der Waals surface area contributed by atoms with Gasteiger partial charge in [-0.05, 0) is 68.1 Å². The Morgan fingerprint density at radius 3 is 2.62 bits per heavy atom. The smallest absolute Gasteiger partial charge is 0.278 e. The van der Waals surface area contributed by atoms with Crippen LogP contribution in [0.15, 0.2) is 65.2 Å². The number of carbonyl (C=O) groups is 1. The second-order valence-electron chi connectivity index (χ2n) is 9.42. The molecule has 0 aliphatic rings. The van der Waals surface area contributed by atoms with Crippen molar-refractivity contribution in [1.82, 2.24) is 14.9 Å². The topological polar surface area (TPSA) is 82.2 Å². The van der Waals surface area contributed by atoms with E-state index >= 15 is 0 Å². The van der Waals surface area contributed by atoms with Crippen molar-refractivity contribution in [1.29, 1.82) is 0 Å². The molecule has 7 nitrogen and oxygen atoms in total. The maximum Gasteiger partial charge on any atom is 0.278 e. The van der Waals surface area contributed by atoms with E-state index in [4.69, 9.17) is 14.4 Å². The van der Waals surface area contributed by atoms with Gasteiger partial charge in [0.2, 0.25) is 0 Å². The number of aromatic nitrogens is 3. The number of amides is 1. The average Bonchev–Trinajstić information content (AvgIpc) is 3.38. The molecule has 0 unspecified atom stereocenters. The van der Waals surface area contributed by atoms with E-state index in [1.807, 2.05) is 62.7 Å². The zero-order valence-corrected chi connectivity index (χ0v) is 21.8. The quantitative estimate of drug-likeness (QED) is 0.281. The maximum atomic E-state index is 13.3. The van der Waals surface area contributed by atoms with E-state index < -0.39 is 0 Å². The molecule has 0 aliphatic heterocycles. The lowest BCUT2D eigenvalue weighted by Gasteiger charge is -2.11. The number of hydrogen-bond acceptors (Lipinski definition) is 5. The minimum absolute atomic E-state index is 0.181. The number of nitrogens with zero attached hydrogens (tertiary/aromatic N) is 3. The lowest BCUT2D eigenvalue weighted by atomic mass is 10.0. The summed E-state index contributed by atoms with van der Waals surface area (Å²) in [5, 5.41) is 14.1. The van der Waals surface area contributed by atoms with Crippen LogP contribution in [-0.4, -0.2) is 20.8 Å². The highest BCUT2D eigenvalue weighted by molar-refractivity contribution is 6.04. The number of anilines is 1. The van der Waals surface area contributed by atoms with Gasteiger partial charge in [-0.15, -0.1) is 0 Å². The summed E-state index contributed by atoms with van der Waals surface area (Å²) >= 11 is 0. The van der Waals surface area contributed by atoms with Crippen molar-refractivity contribution >= 4 is 22.4 Å². The molecule has 1 N–H and O–H groups in total. The molecule has 0 radical (unpaired) electrons. The average molecular weight is 495 g/mol. The molecule has 1 amide bonds. The number of ether oxygens (including phenoxy) is 1. The predicted octanol–water partition coefficient (Wildman–Crippen LogP) is 6.45. The van der Waals surface area contributed by atoms with Crippen LogP contribution in [0.1, 0.15) is 49.9 Å². The largest absolute Gasteiger partial charge is 0.488 e. The van der Waals surface area contributed by atoms with E-state index in [9.17, 15) is 4.79 Å². The summed E-state index contributed by atoms with van der Waals surface area (Å²) in [6, 6.07) is 20.6. The first-order valence-corrected chi connectivity index (χ1v) is 12.3. The summed E-state index contributed by atoms with van der Waals surface area (Å²) in [4.78, 5) is 13.3. The van der Waals surface area contributed by atoms with Crippen LogP contribution in [0.4, 0.5) is 5.69 Å². The van der Waals surface area contributed by atoms with Gasteiger partial charge in [-0.2, -0.15) is 5.10 Å². The summed E-state index contributed by atoms with van der Waals surface area (Å²) in [7, 11) is 0. The molecule has 7 heteroatoms. The van der Waals surface area contributed by atoms with Crippen LogP contribution in [0.25, 0.3) is 10.8 Å². The van der Waals surface area contributed by atoms with Crippen LogP contribution in [0.3, 0.4) is 0 Å². The van der Waals surface area contributed by atoms with Gasteiger partial charge in [0.15, 0.2) is 5.69 Å². The highest BCUT2D eigenvalue weighted by atomic mass is 16.5. The Hall–Kier alpha value is -4.39. The first kappa shape index (κ1) is 24.3. The zero-order valence-electron chi connectivity index (χ0n) is 21.8. The fourth-order valence-electron chi connectivity index (χ4n) is 4.55. The van der Waals surface area contributed by atoms with Gasteiger partial charge in [0, 0.05) is 0 Å². The van der Waals surface area contributed by atoms with Crippen molar-refractivity contribution in [2.24, 2.45) is 0 Å². The molecular formula is C30H30N4O3. The summed E-state index contributed by atoms with van der Waals surface area (Å²) < 4.78 is 13.3. The van der Waals surface area contributed by atoms with Crippen LogP contribution >= 0.6 is 0 Å². The number of nitrogens with one attached hydrogen (secondary N) is 1. The Labute approximate surface area is 216 Å². The van der Waals surface area contributed by atoms with Crippen molar-refractivity contribution in [2.45, 2.75) is 47.8 Å². The van der Waals surface area contributed by atoms with Gasteiger partial charge in [-0.25, -0.2) is 0 Å². The molecule has 0 bridgehead atoms. The molecule has 2 heterocycles. The van der Waals surface area contributed by atoms with E-state index in [1.54, 1.807) is 6.92 Å². The van der Waals surface area contributed by atoms with Gasteiger partial charge in [-0.3, -0.25) is 9.48 Å². The standard InChI is InChI=1S/C30H30N4O3/c1-18-13-14-19(2)27(15-18)36-17-26-22(5)37-33-29(26)30(35)31-28-20(3)32-34(21(28)4)16-24-11-8-10-23-9-6-7-12-25(23)24/h6-15H,16-17H2,1-5H3,(H,31,35). The van der Waals surface area contributed by atoms with Crippen LogP contribution < -0.4 is 10.1 Å². The minimum Gasteiger partial charge on any atom is -0.488 e. The van der Waals surface area contributed by atoms with Crippen molar-refractivity contribution in [3.8, 4) is 5.75 Å². The van der Waals surface area contributed by atoms with Crippen molar-refractivity contribution in [2.75, 3.05) is 5.32 Å². The monoisotopic (exact) mass is 494 g/mol. The van der Waals surface area contributed by atoms with E-state index in [2.05, 4.69) is 40.8 Å². The van der Waals surface area contributed by atoms with E-state index in [1.165, 1.54) is 16.3 Å². The molecule has 0 saturated heterocycles. The van der Waals surface area contributed by atoms with Crippen LogP contribution in [0.2, 0.25) is 0 Å². The summed E-state index contributed by atoms with van der Waals surface area (Å²) in [6.45, 7) is 10.4. The van der Waals surface area contributed by atoms with Gasteiger partial charge in [0.1, 0.15) is 18.1 Å². The van der Waals surface area contributed by atoms with Crippen molar-refractivity contribution < 1.29 is 14.1 Å². The number of rotatable bonds is 7. The van der Waals surface area contributed by atoms with Crippen LogP contribution in [0.5, 0.6) is 5.75 Å². The molecule has 188 valence electrons. The summed E-state index contributed by atoms with van der Waals surface area (Å²) in [5.74, 6) is 0.969. The fraction of sp³-hybridized carbons (Fsp3) is 0.233. The van der Waals surface area contributed by atoms with Gasteiger partial charge >= 0.3 is 0 Å². The van der Waals surface area contributed by atoms with Crippen molar-refractivity contribution in [3.63, 3.8) is 0 Å². The Morgan fingerprint density at radius 2 is 1.78 bits per heavy atom. The highest BCUT2D eigenvalue weighted by Crippen LogP contribution is 2.26. The molecule has 0 saturated carbocycles. The van der Waals surface area contributed by atoms with Crippen LogP contribution in [0, 0.1) is 34.6 Å². The number of fused-ring (bicyclic) bond motifs is 1. The summed E-state index contributed by atoms with van der Waals surface area (Å²) in [5.41, 5.74) is 6.40. The number of carbonyl (C=O) groups excluding carboxylic acids is 1. The SMILES string of the molecule is Cc1ccc(C)c(OCc2c(C(=O)Nc3c(C)nn(Cc4cccc5ccccc45)c3C)noc2C)c1. The Morgan fingerprint density at radius 1 is 1.00 bits per heavy atom. The molecule has 0 aliphatic carbocycles. The first-order valence-electron chi connectivity index (χ1n) is 12.3. The molecule has 37 heavy (non-hydrogen) atoms. The number of hydrogen-bond donors (Lipinski definition) is 1. The second kappa shape index (κ2) is 9.93. The minimum atomic E-state index is -0.354. The Bertz CT molecular complexity index is 1610. The predicted molar refractivity (Wildman–Crippen MR) is 144 cm³/mol. The molecule has 0 fully saturated rings. The number of benzene rings is 3. The van der Waals surface area contributed by atoms with E-state index in [0.717, 1.165) is 28.3 Å². The highest BCUT2D eigenvalue weighted by Gasteiger charge is 2.23. The molecule has 0 atom stereocenters. The van der Waals surface area contributed by atoms with Gasteiger partial charge in [0.25, 0.3) is 5.91 Å². The Balaban J connectivity index is 1.36. The zero-order chi connectivity index (χ0) is 26.1. The van der Waals surface area contributed by atoms with Gasteiger partial charge < -0.3 is 14.6 Å². The van der Waals surface area contributed by atoms with E-state index in [0.29, 0.717) is 23.6 Å². The molecule has 0 spiro atoms. The third kappa shape index (κ3) is 4.85.